The van der Waals surface area contributed by atoms with Gasteiger partial charge in [-0.25, -0.2) is 0 Å². The van der Waals surface area contributed by atoms with Crippen molar-refractivity contribution >= 4 is 23.2 Å². The highest BCUT2D eigenvalue weighted by Crippen LogP contribution is 2.30. The zero-order valence-electron chi connectivity index (χ0n) is 8.14. The number of benzene rings is 1. The minimum atomic E-state index is 0.213. The van der Waals surface area contributed by atoms with E-state index < -0.39 is 0 Å². The van der Waals surface area contributed by atoms with Gasteiger partial charge in [-0.2, -0.15) is 0 Å². The van der Waals surface area contributed by atoms with Crippen molar-refractivity contribution in [2.45, 2.75) is 13.3 Å². The molecule has 0 aliphatic carbocycles. The number of hydrogen-bond donors (Lipinski definition) is 0. The Morgan fingerprint density at radius 1 is 1.21 bits per heavy atom. The van der Waals surface area contributed by atoms with Gasteiger partial charge in [0.05, 0.1) is 10.0 Å². The SMILES string of the molecule is CCc1cc(Cl)c(Cl)cc1OCOC. The lowest BCUT2D eigenvalue weighted by Crippen LogP contribution is -2.01. The van der Waals surface area contributed by atoms with Gasteiger partial charge in [-0.15, -0.1) is 0 Å². The monoisotopic (exact) mass is 234 g/mol. The molecule has 0 heterocycles. The highest BCUT2D eigenvalue weighted by molar-refractivity contribution is 6.42. The lowest BCUT2D eigenvalue weighted by atomic mass is 10.1. The average molecular weight is 235 g/mol. The van der Waals surface area contributed by atoms with E-state index in [1.807, 2.05) is 13.0 Å². The van der Waals surface area contributed by atoms with E-state index in [0.29, 0.717) is 10.0 Å². The van der Waals surface area contributed by atoms with Gasteiger partial charge in [0.15, 0.2) is 6.79 Å². The number of halogens is 2. The standard InChI is InChI=1S/C10H12Cl2O2/c1-3-7-4-8(11)9(12)5-10(7)14-6-13-2/h4-5H,3,6H2,1-2H3. The van der Waals surface area contributed by atoms with E-state index in [-0.39, 0.29) is 6.79 Å². The van der Waals surface area contributed by atoms with Crippen LogP contribution in [0.3, 0.4) is 0 Å². The van der Waals surface area contributed by atoms with Crippen LogP contribution in [-0.4, -0.2) is 13.9 Å². The van der Waals surface area contributed by atoms with Gasteiger partial charge in [-0.1, -0.05) is 30.1 Å². The molecular weight excluding hydrogens is 223 g/mol. The second-order valence-electron chi connectivity index (χ2n) is 2.78. The largest absolute Gasteiger partial charge is 0.467 e. The first-order chi connectivity index (χ1) is 6.69. The molecule has 0 unspecified atom stereocenters. The summed E-state index contributed by atoms with van der Waals surface area (Å²) in [6.45, 7) is 2.24. The highest BCUT2D eigenvalue weighted by atomic mass is 35.5. The van der Waals surface area contributed by atoms with Crippen LogP contribution in [0.15, 0.2) is 12.1 Å². The first-order valence-electron chi connectivity index (χ1n) is 4.28. The molecule has 0 saturated heterocycles. The van der Waals surface area contributed by atoms with Crippen LogP contribution >= 0.6 is 23.2 Å². The summed E-state index contributed by atoms with van der Waals surface area (Å²) >= 11 is 11.7. The fourth-order valence-electron chi connectivity index (χ4n) is 1.10. The molecule has 4 heteroatoms. The van der Waals surface area contributed by atoms with Crippen LogP contribution in [0.2, 0.25) is 10.0 Å². The Hall–Kier alpha value is -0.440. The molecule has 0 saturated carbocycles. The third-order valence-electron chi connectivity index (χ3n) is 1.82. The van der Waals surface area contributed by atoms with Gasteiger partial charge in [-0.3, -0.25) is 0 Å². The summed E-state index contributed by atoms with van der Waals surface area (Å²) in [5, 5.41) is 1.04. The van der Waals surface area contributed by atoms with Crippen LogP contribution < -0.4 is 4.74 Å². The van der Waals surface area contributed by atoms with Gasteiger partial charge < -0.3 is 9.47 Å². The van der Waals surface area contributed by atoms with E-state index in [4.69, 9.17) is 32.7 Å². The van der Waals surface area contributed by atoms with E-state index in [1.54, 1.807) is 13.2 Å². The Morgan fingerprint density at radius 2 is 1.86 bits per heavy atom. The van der Waals surface area contributed by atoms with Crippen molar-refractivity contribution in [2.24, 2.45) is 0 Å². The van der Waals surface area contributed by atoms with Crippen molar-refractivity contribution in [3.63, 3.8) is 0 Å². The molecule has 0 radical (unpaired) electrons. The zero-order valence-corrected chi connectivity index (χ0v) is 9.65. The number of rotatable bonds is 4. The molecule has 0 bridgehead atoms. The van der Waals surface area contributed by atoms with E-state index >= 15 is 0 Å². The van der Waals surface area contributed by atoms with Gasteiger partial charge in [-0.05, 0) is 18.1 Å². The quantitative estimate of drug-likeness (QED) is 0.743. The summed E-state index contributed by atoms with van der Waals surface area (Å²) in [5.41, 5.74) is 1.02. The predicted octanol–water partition coefficient (Wildman–Crippen LogP) is 3.54. The first kappa shape index (κ1) is 11.6. The van der Waals surface area contributed by atoms with Gasteiger partial charge in [0, 0.05) is 13.2 Å². The van der Waals surface area contributed by atoms with Gasteiger partial charge in [0.25, 0.3) is 0 Å². The molecule has 0 aromatic heterocycles. The molecule has 1 rings (SSSR count). The van der Waals surface area contributed by atoms with E-state index in [9.17, 15) is 0 Å². The Kier molecular flexibility index (Phi) is 4.52. The second kappa shape index (κ2) is 5.44. The topological polar surface area (TPSA) is 18.5 Å². The fourth-order valence-corrected chi connectivity index (χ4v) is 1.44. The minimum absolute atomic E-state index is 0.213. The smallest absolute Gasteiger partial charge is 0.188 e. The Bertz CT molecular complexity index is 313. The normalized spacial score (nSPS) is 10.3. The summed E-state index contributed by atoms with van der Waals surface area (Å²) < 4.78 is 10.2. The molecular formula is C10H12Cl2O2. The molecule has 1 aromatic rings. The molecule has 0 aliphatic heterocycles. The molecule has 2 nitrogen and oxygen atoms in total. The molecule has 0 amide bonds. The molecule has 1 aromatic carbocycles. The van der Waals surface area contributed by atoms with Gasteiger partial charge >= 0.3 is 0 Å². The van der Waals surface area contributed by atoms with Crippen molar-refractivity contribution in [3.8, 4) is 5.75 Å². The summed E-state index contributed by atoms with van der Waals surface area (Å²) in [7, 11) is 1.57. The van der Waals surface area contributed by atoms with Crippen molar-refractivity contribution in [1.82, 2.24) is 0 Å². The molecule has 78 valence electrons. The molecule has 14 heavy (non-hydrogen) atoms. The van der Waals surface area contributed by atoms with Crippen LogP contribution in [0.1, 0.15) is 12.5 Å². The second-order valence-corrected chi connectivity index (χ2v) is 3.59. The van der Waals surface area contributed by atoms with Crippen LogP contribution in [0.25, 0.3) is 0 Å². The van der Waals surface area contributed by atoms with Crippen molar-refractivity contribution in [1.29, 1.82) is 0 Å². The van der Waals surface area contributed by atoms with E-state index in [0.717, 1.165) is 17.7 Å². The summed E-state index contributed by atoms with van der Waals surface area (Å²) in [6.07, 6.45) is 0.843. The van der Waals surface area contributed by atoms with Crippen LogP contribution in [0, 0.1) is 0 Å². The van der Waals surface area contributed by atoms with Crippen molar-refractivity contribution < 1.29 is 9.47 Å². The third kappa shape index (κ3) is 2.77. The van der Waals surface area contributed by atoms with Crippen LogP contribution in [0.5, 0.6) is 5.75 Å². The summed E-state index contributed by atoms with van der Waals surface area (Å²) in [5.74, 6) is 0.726. The van der Waals surface area contributed by atoms with Crippen LogP contribution in [-0.2, 0) is 11.2 Å². The fraction of sp³-hybridized carbons (Fsp3) is 0.400. The lowest BCUT2D eigenvalue weighted by molar-refractivity contribution is 0.0505. The number of aryl methyl sites for hydroxylation is 1. The molecule has 0 aliphatic rings. The summed E-state index contributed by atoms with van der Waals surface area (Å²) in [6, 6.07) is 3.52. The molecule has 0 fully saturated rings. The van der Waals surface area contributed by atoms with Crippen LogP contribution in [0.4, 0.5) is 0 Å². The van der Waals surface area contributed by atoms with Crippen molar-refractivity contribution in [2.75, 3.05) is 13.9 Å². The number of methoxy groups -OCH3 is 1. The first-order valence-corrected chi connectivity index (χ1v) is 5.04. The number of ether oxygens (including phenoxy) is 2. The van der Waals surface area contributed by atoms with Gasteiger partial charge in [0.1, 0.15) is 5.75 Å². The maximum Gasteiger partial charge on any atom is 0.188 e. The lowest BCUT2D eigenvalue weighted by Gasteiger charge is -2.10. The Balaban J connectivity index is 2.95. The van der Waals surface area contributed by atoms with Gasteiger partial charge in [0.2, 0.25) is 0 Å². The molecule has 0 spiro atoms. The van der Waals surface area contributed by atoms with E-state index in [2.05, 4.69) is 0 Å². The molecule has 0 atom stereocenters. The minimum Gasteiger partial charge on any atom is -0.467 e. The summed E-state index contributed by atoms with van der Waals surface area (Å²) in [4.78, 5) is 0. The molecule has 0 N–H and O–H groups in total. The maximum atomic E-state index is 5.88. The van der Waals surface area contributed by atoms with E-state index in [1.165, 1.54) is 0 Å². The van der Waals surface area contributed by atoms with Crippen molar-refractivity contribution in [3.05, 3.63) is 27.7 Å². The predicted molar refractivity (Wildman–Crippen MR) is 58.3 cm³/mol. The Labute approximate surface area is 93.7 Å². The third-order valence-corrected chi connectivity index (χ3v) is 2.54. The zero-order chi connectivity index (χ0) is 10.6. The average Bonchev–Trinajstić information content (AvgIpc) is 2.19. The maximum absolute atomic E-state index is 5.88. The highest BCUT2D eigenvalue weighted by Gasteiger charge is 2.06. The number of hydrogen-bond acceptors (Lipinski definition) is 2. The Morgan fingerprint density at radius 3 is 2.43 bits per heavy atom.